The Balaban J connectivity index is 2.28. The molecule has 2 aromatic rings. The summed E-state index contributed by atoms with van der Waals surface area (Å²) in [5.74, 6) is 5.78. The summed E-state index contributed by atoms with van der Waals surface area (Å²) in [6.45, 7) is 1.44. The predicted molar refractivity (Wildman–Crippen MR) is 75.7 cm³/mol. The van der Waals surface area contributed by atoms with E-state index >= 15 is 0 Å². The van der Waals surface area contributed by atoms with Crippen LogP contribution in [-0.4, -0.2) is 10.9 Å². The lowest BCUT2D eigenvalue weighted by Crippen LogP contribution is -2.07. The van der Waals surface area contributed by atoms with Crippen LogP contribution >= 0.6 is 0 Å². The highest BCUT2D eigenvalue weighted by Crippen LogP contribution is 2.12. The van der Waals surface area contributed by atoms with Crippen LogP contribution in [0.1, 0.15) is 23.6 Å². The van der Waals surface area contributed by atoms with Gasteiger partial charge in [-0.25, -0.2) is 0 Å². The first-order chi connectivity index (χ1) is 9.69. The molecule has 0 fully saturated rings. The molecule has 96 valence electrons. The molecule has 0 aliphatic rings. The summed E-state index contributed by atoms with van der Waals surface area (Å²) >= 11 is 0. The molecule has 0 radical (unpaired) electrons. The van der Waals surface area contributed by atoms with Crippen molar-refractivity contribution in [1.82, 2.24) is 4.98 Å². The molecule has 20 heavy (non-hydrogen) atoms. The number of aromatic nitrogens is 1. The standard InChI is InChI=1S/C16H11N3O/c1-12(20)19-16-8-9-18-11-15(16)7-6-13-2-4-14(10-17)5-3-13/h2-5,8-9,11H,1H3,(H,18,19,20). The van der Waals surface area contributed by atoms with Crippen molar-refractivity contribution in [3.05, 3.63) is 59.4 Å². The molecule has 0 saturated carbocycles. The third-order valence-corrected chi connectivity index (χ3v) is 2.49. The molecule has 2 rings (SSSR count). The van der Waals surface area contributed by atoms with Gasteiger partial charge in [-0.05, 0) is 30.3 Å². The lowest BCUT2D eigenvalue weighted by atomic mass is 10.1. The number of amides is 1. The number of nitrogens with one attached hydrogen (secondary N) is 1. The maximum atomic E-state index is 11.1. The SMILES string of the molecule is CC(=O)Nc1ccncc1C#Cc1ccc(C#N)cc1. The van der Waals surface area contributed by atoms with E-state index in [-0.39, 0.29) is 5.91 Å². The van der Waals surface area contributed by atoms with Crippen molar-refractivity contribution < 1.29 is 4.79 Å². The molecule has 0 unspecified atom stereocenters. The number of anilines is 1. The van der Waals surface area contributed by atoms with E-state index in [0.717, 1.165) is 5.56 Å². The first-order valence-corrected chi connectivity index (χ1v) is 5.93. The summed E-state index contributed by atoms with van der Waals surface area (Å²) in [5.41, 5.74) is 2.66. The highest BCUT2D eigenvalue weighted by molar-refractivity contribution is 5.90. The Hall–Kier alpha value is -3.11. The summed E-state index contributed by atoms with van der Waals surface area (Å²) < 4.78 is 0. The molecule has 1 aromatic heterocycles. The van der Waals surface area contributed by atoms with E-state index in [2.05, 4.69) is 28.2 Å². The van der Waals surface area contributed by atoms with Crippen molar-refractivity contribution in [3.63, 3.8) is 0 Å². The molecular formula is C16H11N3O. The van der Waals surface area contributed by atoms with Gasteiger partial charge in [-0.1, -0.05) is 11.8 Å². The maximum absolute atomic E-state index is 11.1. The fourth-order valence-corrected chi connectivity index (χ4v) is 1.56. The fraction of sp³-hybridized carbons (Fsp3) is 0.0625. The zero-order valence-electron chi connectivity index (χ0n) is 10.8. The zero-order chi connectivity index (χ0) is 14.4. The van der Waals surface area contributed by atoms with Crippen LogP contribution in [0.4, 0.5) is 5.69 Å². The van der Waals surface area contributed by atoms with E-state index < -0.39 is 0 Å². The quantitative estimate of drug-likeness (QED) is 0.801. The minimum absolute atomic E-state index is 0.155. The minimum Gasteiger partial charge on any atom is -0.325 e. The molecule has 0 bridgehead atoms. The second-order valence-corrected chi connectivity index (χ2v) is 4.04. The molecule has 1 heterocycles. The van der Waals surface area contributed by atoms with Crippen LogP contribution < -0.4 is 5.32 Å². The van der Waals surface area contributed by atoms with Crippen LogP contribution in [-0.2, 0) is 4.79 Å². The second kappa shape index (κ2) is 6.17. The van der Waals surface area contributed by atoms with Gasteiger partial charge in [0.05, 0.1) is 22.9 Å². The van der Waals surface area contributed by atoms with Crippen LogP contribution in [0.25, 0.3) is 0 Å². The van der Waals surface area contributed by atoms with E-state index in [1.54, 1.807) is 42.7 Å². The van der Waals surface area contributed by atoms with Crippen molar-refractivity contribution in [3.8, 4) is 17.9 Å². The van der Waals surface area contributed by atoms with Gasteiger partial charge < -0.3 is 5.32 Å². The van der Waals surface area contributed by atoms with Crippen molar-refractivity contribution in [2.45, 2.75) is 6.92 Å². The van der Waals surface area contributed by atoms with Crippen molar-refractivity contribution in [2.75, 3.05) is 5.32 Å². The monoisotopic (exact) mass is 261 g/mol. The molecular weight excluding hydrogens is 250 g/mol. The van der Waals surface area contributed by atoms with E-state index in [9.17, 15) is 4.79 Å². The maximum Gasteiger partial charge on any atom is 0.221 e. The van der Waals surface area contributed by atoms with E-state index in [1.165, 1.54) is 6.92 Å². The number of hydrogen-bond donors (Lipinski definition) is 1. The summed E-state index contributed by atoms with van der Waals surface area (Å²) in [6.07, 6.45) is 3.19. The molecule has 1 aromatic carbocycles. The van der Waals surface area contributed by atoms with E-state index in [1.807, 2.05) is 0 Å². The third kappa shape index (κ3) is 3.44. The Kier molecular flexibility index (Phi) is 4.11. The number of rotatable bonds is 1. The van der Waals surface area contributed by atoms with Crippen LogP contribution in [0.2, 0.25) is 0 Å². The molecule has 1 N–H and O–H groups in total. The lowest BCUT2D eigenvalue weighted by molar-refractivity contribution is -0.114. The van der Waals surface area contributed by atoms with Crippen molar-refractivity contribution in [1.29, 1.82) is 5.26 Å². The number of nitrogens with zero attached hydrogens (tertiary/aromatic N) is 2. The summed E-state index contributed by atoms with van der Waals surface area (Å²) in [6, 6.07) is 10.7. The highest BCUT2D eigenvalue weighted by atomic mass is 16.1. The Morgan fingerprint density at radius 3 is 2.50 bits per heavy atom. The molecule has 0 atom stereocenters. The van der Waals surface area contributed by atoms with Crippen LogP contribution in [0.3, 0.4) is 0 Å². The number of nitriles is 1. The van der Waals surface area contributed by atoms with Crippen LogP contribution in [0.5, 0.6) is 0 Å². The predicted octanol–water partition coefficient (Wildman–Crippen LogP) is 2.31. The average molecular weight is 261 g/mol. The normalized spacial score (nSPS) is 9.00. The molecule has 0 aliphatic carbocycles. The highest BCUT2D eigenvalue weighted by Gasteiger charge is 2.00. The molecule has 0 spiro atoms. The molecule has 4 heteroatoms. The van der Waals surface area contributed by atoms with E-state index in [4.69, 9.17) is 5.26 Å². The minimum atomic E-state index is -0.155. The number of carbonyl (C=O) groups is 1. The Labute approximate surface area is 117 Å². The summed E-state index contributed by atoms with van der Waals surface area (Å²) in [4.78, 5) is 15.1. The van der Waals surface area contributed by atoms with Gasteiger partial charge in [0.15, 0.2) is 0 Å². The molecule has 1 amide bonds. The van der Waals surface area contributed by atoms with Gasteiger partial charge in [-0.3, -0.25) is 9.78 Å². The Morgan fingerprint density at radius 1 is 1.15 bits per heavy atom. The molecule has 0 aliphatic heterocycles. The number of carbonyl (C=O) groups excluding carboxylic acids is 1. The third-order valence-electron chi connectivity index (χ3n) is 2.49. The topological polar surface area (TPSA) is 65.8 Å². The van der Waals surface area contributed by atoms with Crippen molar-refractivity contribution >= 4 is 11.6 Å². The average Bonchev–Trinajstić information content (AvgIpc) is 2.46. The van der Waals surface area contributed by atoms with Gasteiger partial charge in [-0.15, -0.1) is 0 Å². The number of pyridine rings is 1. The lowest BCUT2D eigenvalue weighted by Gasteiger charge is -2.03. The number of benzene rings is 1. The smallest absolute Gasteiger partial charge is 0.221 e. The van der Waals surface area contributed by atoms with Gasteiger partial charge in [0, 0.05) is 24.9 Å². The largest absolute Gasteiger partial charge is 0.325 e. The van der Waals surface area contributed by atoms with Crippen LogP contribution in [0.15, 0.2) is 42.7 Å². The van der Waals surface area contributed by atoms with Gasteiger partial charge in [0.2, 0.25) is 5.91 Å². The van der Waals surface area contributed by atoms with Gasteiger partial charge in [-0.2, -0.15) is 5.26 Å². The van der Waals surface area contributed by atoms with Gasteiger partial charge in [0.1, 0.15) is 0 Å². The Bertz CT molecular complexity index is 731. The molecule has 0 saturated heterocycles. The zero-order valence-corrected chi connectivity index (χ0v) is 10.8. The summed E-state index contributed by atoms with van der Waals surface area (Å²) in [7, 11) is 0. The first-order valence-electron chi connectivity index (χ1n) is 5.93. The Morgan fingerprint density at radius 2 is 1.85 bits per heavy atom. The molecule has 4 nitrogen and oxygen atoms in total. The van der Waals surface area contributed by atoms with Crippen molar-refractivity contribution in [2.24, 2.45) is 0 Å². The van der Waals surface area contributed by atoms with Gasteiger partial charge >= 0.3 is 0 Å². The fourth-order valence-electron chi connectivity index (χ4n) is 1.56. The van der Waals surface area contributed by atoms with Crippen LogP contribution in [0, 0.1) is 23.2 Å². The van der Waals surface area contributed by atoms with Gasteiger partial charge in [0.25, 0.3) is 0 Å². The second-order valence-electron chi connectivity index (χ2n) is 4.04. The number of hydrogen-bond acceptors (Lipinski definition) is 3. The first kappa shape index (κ1) is 13.3. The van der Waals surface area contributed by atoms with E-state index in [0.29, 0.717) is 16.8 Å². The summed E-state index contributed by atoms with van der Waals surface area (Å²) in [5, 5.41) is 11.4.